The van der Waals surface area contributed by atoms with E-state index in [0.717, 1.165) is 17.9 Å². The fourth-order valence-electron chi connectivity index (χ4n) is 1.50. The zero-order valence-corrected chi connectivity index (χ0v) is 8.26. The van der Waals surface area contributed by atoms with Gasteiger partial charge in [-0.1, -0.05) is 12.1 Å². The van der Waals surface area contributed by atoms with Crippen molar-refractivity contribution < 1.29 is 9.47 Å². The van der Waals surface area contributed by atoms with Gasteiger partial charge in [-0.15, -0.1) is 0 Å². The van der Waals surface area contributed by atoms with Crippen LogP contribution in [0.1, 0.15) is 18.1 Å². The Kier molecular flexibility index (Phi) is 1.81. The first-order valence-corrected chi connectivity index (χ1v) is 4.45. The number of epoxide rings is 1. The molecule has 70 valence electrons. The summed E-state index contributed by atoms with van der Waals surface area (Å²) in [6.45, 7) is 4.94. The molecule has 13 heavy (non-hydrogen) atoms. The lowest BCUT2D eigenvalue weighted by molar-refractivity contribution is 0.316. The van der Waals surface area contributed by atoms with Crippen LogP contribution < -0.4 is 4.74 Å². The number of benzene rings is 1. The van der Waals surface area contributed by atoms with Crippen LogP contribution in [0.15, 0.2) is 18.2 Å². The normalized spacial score (nSPS) is 25.8. The van der Waals surface area contributed by atoms with Crippen LogP contribution in [-0.2, 0) is 10.3 Å². The Morgan fingerprint density at radius 2 is 2.15 bits per heavy atom. The maximum absolute atomic E-state index is 5.38. The van der Waals surface area contributed by atoms with Gasteiger partial charge in [0.05, 0.1) is 13.7 Å². The molecule has 1 aromatic carbocycles. The molecule has 0 saturated carbocycles. The van der Waals surface area contributed by atoms with E-state index >= 15 is 0 Å². The monoisotopic (exact) mass is 178 g/mol. The van der Waals surface area contributed by atoms with E-state index in [-0.39, 0.29) is 5.60 Å². The number of hydrogen-bond acceptors (Lipinski definition) is 2. The molecule has 2 rings (SSSR count). The first-order valence-electron chi connectivity index (χ1n) is 4.45. The molecule has 1 heterocycles. The molecule has 1 saturated heterocycles. The van der Waals surface area contributed by atoms with Gasteiger partial charge in [0.2, 0.25) is 0 Å². The average molecular weight is 178 g/mol. The van der Waals surface area contributed by atoms with Crippen LogP contribution in [-0.4, -0.2) is 13.7 Å². The summed E-state index contributed by atoms with van der Waals surface area (Å²) in [4.78, 5) is 0. The molecule has 1 unspecified atom stereocenters. The van der Waals surface area contributed by atoms with E-state index < -0.39 is 0 Å². The topological polar surface area (TPSA) is 21.8 Å². The number of aryl methyl sites for hydroxylation is 1. The second-order valence-corrected chi connectivity index (χ2v) is 3.72. The third kappa shape index (κ3) is 1.42. The van der Waals surface area contributed by atoms with Gasteiger partial charge in [-0.3, -0.25) is 0 Å². The summed E-state index contributed by atoms with van der Waals surface area (Å²) in [5, 5.41) is 0. The Hall–Kier alpha value is -1.02. The minimum absolute atomic E-state index is 0.0982. The van der Waals surface area contributed by atoms with Gasteiger partial charge < -0.3 is 9.47 Å². The molecular formula is C11H14O2. The summed E-state index contributed by atoms with van der Waals surface area (Å²) in [7, 11) is 1.70. The van der Waals surface area contributed by atoms with E-state index in [2.05, 4.69) is 26.0 Å². The van der Waals surface area contributed by atoms with E-state index in [4.69, 9.17) is 9.47 Å². The lowest BCUT2D eigenvalue weighted by Crippen LogP contribution is -2.04. The van der Waals surface area contributed by atoms with Crippen molar-refractivity contribution in [2.75, 3.05) is 13.7 Å². The first kappa shape index (κ1) is 8.57. The Morgan fingerprint density at radius 3 is 2.69 bits per heavy atom. The molecule has 1 atom stereocenters. The Morgan fingerprint density at radius 1 is 1.46 bits per heavy atom. The minimum Gasteiger partial charge on any atom is -0.496 e. The van der Waals surface area contributed by atoms with Crippen LogP contribution in [0.25, 0.3) is 0 Å². The van der Waals surface area contributed by atoms with Crippen molar-refractivity contribution in [2.45, 2.75) is 19.4 Å². The molecule has 1 aromatic rings. The number of rotatable bonds is 2. The minimum atomic E-state index is -0.0982. The van der Waals surface area contributed by atoms with Gasteiger partial charge in [0.25, 0.3) is 0 Å². The zero-order chi connectivity index (χ0) is 9.47. The van der Waals surface area contributed by atoms with Crippen molar-refractivity contribution in [3.63, 3.8) is 0 Å². The molecule has 0 aromatic heterocycles. The maximum atomic E-state index is 5.38. The van der Waals surface area contributed by atoms with Gasteiger partial charge in [-0.25, -0.2) is 0 Å². The quantitative estimate of drug-likeness (QED) is 0.648. The fourth-order valence-corrected chi connectivity index (χ4v) is 1.50. The van der Waals surface area contributed by atoms with Gasteiger partial charge in [-0.05, 0) is 25.5 Å². The average Bonchev–Trinajstić information content (AvgIpc) is 2.84. The van der Waals surface area contributed by atoms with E-state index in [1.807, 2.05) is 6.07 Å². The van der Waals surface area contributed by atoms with Crippen molar-refractivity contribution in [3.05, 3.63) is 29.3 Å². The molecule has 0 N–H and O–H groups in total. The highest BCUT2D eigenvalue weighted by Gasteiger charge is 2.43. The van der Waals surface area contributed by atoms with Gasteiger partial charge in [0, 0.05) is 5.56 Å². The lowest BCUT2D eigenvalue weighted by atomic mass is 9.99. The van der Waals surface area contributed by atoms with Crippen molar-refractivity contribution in [3.8, 4) is 5.75 Å². The predicted molar refractivity (Wildman–Crippen MR) is 51.0 cm³/mol. The molecule has 2 heteroatoms. The number of ether oxygens (including phenoxy) is 2. The Bertz CT molecular complexity index is 327. The second kappa shape index (κ2) is 2.74. The van der Waals surface area contributed by atoms with E-state index in [1.54, 1.807) is 7.11 Å². The third-order valence-electron chi connectivity index (χ3n) is 2.50. The summed E-state index contributed by atoms with van der Waals surface area (Å²) >= 11 is 0. The summed E-state index contributed by atoms with van der Waals surface area (Å²) in [6, 6.07) is 6.22. The van der Waals surface area contributed by atoms with Gasteiger partial charge in [-0.2, -0.15) is 0 Å². The van der Waals surface area contributed by atoms with Crippen molar-refractivity contribution in [1.82, 2.24) is 0 Å². The summed E-state index contributed by atoms with van der Waals surface area (Å²) in [5.41, 5.74) is 2.27. The van der Waals surface area contributed by atoms with Crippen molar-refractivity contribution >= 4 is 0 Å². The maximum Gasteiger partial charge on any atom is 0.125 e. The van der Waals surface area contributed by atoms with Crippen LogP contribution in [0, 0.1) is 6.92 Å². The highest BCUT2D eigenvalue weighted by molar-refractivity contribution is 5.42. The molecule has 1 fully saturated rings. The van der Waals surface area contributed by atoms with Crippen molar-refractivity contribution in [2.24, 2.45) is 0 Å². The van der Waals surface area contributed by atoms with Gasteiger partial charge in [0.1, 0.15) is 11.4 Å². The summed E-state index contributed by atoms with van der Waals surface area (Å²) in [6.07, 6.45) is 0. The zero-order valence-electron chi connectivity index (χ0n) is 8.26. The Labute approximate surface area is 78.5 Å². The van der Waals surface area contributed by atoms with Gasteiger partial charge in [0.15, 0.2) is 0 Å². The van der Waals surface area contributed by atoms with E-state index in [0.29, 0.717) is 0 Å². The molecule has 0 spiro atoms. The van der Waals surface area contributed by atoms with Crippen LogP contribution in [0.3, 0.4) is 0 Å². The van der Waals surface area contributed by atoms with Crippen LogP contribution in [0.5, 0.6) is 5.75 Å². The molecule has 0 amide bonds. The standard InChI is InChI=1S/C11H14O2/c1-8-4-5-9(10(6-8)12-3)11(2)7-13-11/h4-6H,7H2,1-3H3. The number of hydrogen-bond donors (Lipinski definition) is 0. The fraction of sp³-hybridized carbons (Fsp3) is 0.455. The number of methoxy groups -OCH3 is 1. The molecule has 0 bridgehead atoms. The summed E-state index contributed by atoms with van der Waals surface area (Å²) in [5.74, 6) is 0.931. The highest BCUT2D eigenvalue weighted by Crippen LogP contribution is 2.42. The summed E-state index contributed by atoms with van der Waals surface area (Å²) < 4.78 is 10.7. The first-order chi connectivity index (χ1) is 6.15. The predicted octanol–water partition coefficient (Wildman–Crippen LogP) is 2.25. The molecule has 1 aliphatic heterocycles. The SMILES string of the molecule is COc1cc(C)ccc1C1(C)CO1. The van der Waals surface area contributed by atoms with Crippen LogP contribution >= 0.6 is 0 Å². The smallest absolute Gasteiger partial charge is 0.125 e. The second-order valence-electron chi connectivity index (χ2n) is 3.72. The molecular weight excluding hydrogens is 164 g/mol. The lowest BCUT2D eigenvalue weighted by Gasteiger charge is -2.11. The largest absolute Gasteiger partial charge is 0.496 e. The Balaban J connectivity index is 2.45. The highest BCUT2D eigenvalue weighted by atomic mass is 16.6. The molecule has 2 nitrogen and oxygen atoms in total. The van der Waals surface area contributed by atoms with Crippen LogP contribution in [0.4, 0.5) is 0 Å². The van der Waals surface area contributed by atoms with Crippen LogP contribution in [0.2, 0.25) is 0 Å². The molecule has 1 aliphatic rings. The van der Waals surface area contributed by atoms with Crippen molar-refractivity contribution in [1.29, 1.82) is 0 Å². The van der Waals surface area contributed by atoms with Gasteiger partial charge >= 0.3 is 0 Å². The van der Waals surface area contributed by atoms with E-state index in [9.17, 15) is 0 Å². The molecule has 0 aliphatic carbocycles. The molecule has 0 radical (unpaired) electrons. The third-order valence-corrected chi connectivity index (χ3v) is 2.50. The van der Waals surface area contributed by atoms with E-state index in [1.165, 1.54) is 5.56 Å².